The lowest BCUT2D eigenvalue weighted by Crippen LogP contribution is -1.89. The van der Waals surface area contributed by atoms with Gasteiger partial charge in [-0.1, -0.05) is 18.2 Å². The van der Waals surface area contributed by atoms with E-state index in [0.717, 1.165) is 5.69 Å². The summed E-state index contributed by atoms with van der Waals surface area (Å²) in [6.45, 7) is 0. The molecule has 4 rings (SSSR count). The minimum atomic E-state index is 0.686. The summed E-state index contributed by atoms with van der Waals surface area (Å²) < 4.78 is 2.40. The molecule has 2 heterocycles. The Morgan fingerprint density at radius 3 is 2.78 bits per heavy atom. The second-order valence-electron chi connectivity index (χ2n) is 4.79. The van der Waals surface area contributed by atoms with Crippen molar-refractivity contribution in [1.29, 1.82) is 0 Å². The molecule has 3 nitrogen and oxygen atoms in total. The highest BCUT2D eigenvalue weighted by atomic mass is 15.0. The molecule has 88 valence electrons. The first kappa shape index (κ1) is 9.83. The van der Waals surface area contributed by atoms with Crippen LogP contribution in [0.3, 0.4) is 0 Å². The summed E-state index contributed by atoms with van der Waals surface area (Å²) in [5, 5.41) is 1.28. The largest absolute Gasteiger partial charge is 0.344 e. The molecule has 0 spiro atoms. The Hall–Kier alpha value is -2.16. The van der Waals surface area contributed by atoms with Gasteiger partial charge in [-0.25, -0.2) is 9.97 Å². The third-order valence-electron chi connectivity index (χ3n) is 3.54. The molecule has 2 aromatic heterocycles. The van der Waals surface area contributed by atoms with Crippen LogP contribution in [0.2, 0.25) is 0 Å². The molecule has 1 fully saturated rings. The number of rotatable bonds is 2. The topological polar surface area (TPSA) is 30.7 Å². The quantitative estimate of drug-likeness (QED) is 0.681. The summed E-state index contributed by atoms with van der Waals surface area (Å²) in [7, 11) is 0. The van der Waals surface area contributed by atoms with Crippen molar-refractivity contribution < 1.29 is 0 Å². The van der Waals surface area contributed by atoms with Crippen molar-refractivity contribution in [3.63, 3.8) is 0 Å². The van der Waals surface area contributed by atoms with Crippen molar-refractivity contribution in [2.45, 2.75) is 18.9 Å². The Balaban J connectivity index is 2.00. The zero-order chi connectivity index (χ0) is 11.9. The normalized spacial score (nSPS) is 15.1. The van der Waals surface area contributed by atoms with E-state index in [2.05, 4.69) is 45.0 Å². The highest BCUT2D eigenvalue weighted by Crippen LogP contribution is 2.40. The van der Waals surface area contributed by atoms with Crippen LogP contribution in [0.4, 0.5) is 0 Å². The maximum atomic E-state index is 4.37. The molecule has 0 amide bonds. The van der Waals surface area contributed by atoms with Crippen LogP contribution in [0.15, 0.2) is 49.1 Å². The van der Waals surface area contributed by atoms with Gasteiger partial charge in [0.2, 0.25) is 0 Å². The number of hydrogen-bond acceptors (Lipinski definition) is 2. The number of benzene rings is 1. The van der Waals surface area contributed by atoms with E-state index in [1.165, 1.54) is 29.3 Å². The number of aromatic nitrogens is 3. The fourth-order valence-corrected chi connectivity index (χ4v) is 2.51. The SMILES string of the molecule is c1ccc2c(c1)c(-c1ccncn1)cn2C1CC1. The molecule has 1 aliphatic carbocycles. The molecule has 0 N–H and O–H groups in total. The van der Waals surface area contributed by atoms with Crippen molar-refractivity contribution in [2.24, 2.45) is 0 Å². The van der Waals surface area contributed by atoms with Crippen LogP contribution < -0.4 is 0 Å². The van der Waals surface area contributed by atoms with Crippen molar-refractivity contribution in [1.82, 2.24) is 14.5 Å². The van der Waals surface area contributed by atoms with Gasteiger partial charge in [0.05, 0.1) is 5.69 Å². The van der Waals surface area contributed by atoms with E-state index in [4.69, 9.17) is 0 Å². The van der Waals surface area contributed by atoms with Gasteiger partial charge in [0, 0.05) is 34.9 Å². The molecule has 1 aliphatic rings. The first-order chi connectivity index (χ1) is 8.93. The molecule has 0 radical (unpaired) electrons. The van der Waals surface area contributed by atoms with Gasteiger partial charge in [-0.15, -0.1) is 0 Å². The first-order valence-electron chi connectivity index (χ1n) is 6.29. The maximum absolute atomic E-state index is 4.37. The van der Waals surface area contributed by atoms with E-state index in [-0.39, 0.29) is 0 Å². The second kappa shape index (κ2) is 3.67. The average Bonchev–Trinajstić information content (AvgIpc) is 3.21. The van der Waals surface area contributed by atoms with Crippen molar-refractivity contribution in [3.05, 3.63) is 49.1 Å². The van der Waals surface area contributed by atoms with Crippen LogP contribution in [-0.2, 0) is 0 Å². The summed E-state index contributed by atoms with van der Waals surface area (Å²) in [6, 6.07) is 11.2. The molecule has 0 bridgehead atoms. The van der Waals surface area contributed by atoms with Gasteiger partial charge >= 0.3 is 0 Å². The third-order valence-corrected chi connectivity index (χ3v) is 3.54. The van der Waals surface area contributed by atoms with Crippen LogP contribution >= 0.6 is 0 Å². The fraction of sp³-hybridized carbons (Fsp3) is 0.200. The Morgan fingerprint density at radius 2 is 2.00 bits per heavy atom. The lowest BCUT2D eigenvalue weighted by atomic mass is 10.1. The second-order valence-corrected chi connectivity index (χ2v) is 4.79. The average molecular weight is 235 g/mol. The zero-order valence-corrected chi connectivity index (χ0v) is 9.95. The van der Waals surface area contributed by atoms with E-state index in [1.807, 2.05) is 6.07 Å². The Morgan fingerprint density at radius 1 is 1.11 bits per heavy atom. The van der Waals surface area contributed by atoms with Gasteiger partial charge < -0.3 is 4.57 Å². The van der Waals surface area contributed by atoms with Gasteiger partial charge in [-0.2, -0.15) is 0 Å². The Labute approximate surface area is 105 Å². The monoisotopic (exact) mass is 235 g/mol. The van der Waals surface area contributed by atoms with Crippen molar-refractivity contribution in [3.8, 4) is 11.3 Å². The van der Waals surface area contributed by atoms with Crippen molar-refractivity contribution in [2.75, 3.05) is 0 Å². The molecule has 0 unspecified atom stereocenters. The minimum absolute atomic E-state index is 0.686. The summed E-state index contributed by atoms with van der Waals surface area (Å²) in [4.78, 5) is 8.36. The molecule has 1 aromatic carbocycles. The Kier molecular flexibility index (Phi) is 2.00. The smallest absolute Gasteiger partial charge is 0.116 e. The summed E-state index contributed by atoms with van der Waals surface area (Å²) in [6.07, 6.45) is 8.23. The van der Waals surface area contributed by atoms with Crippen LogP contribution in [0, 0.1) is 0 Å². The van der Waals surface area contributed by atoms with E-state index >= 15 is 0 Å². The molecule has 1 saturated carbocycles. The fourth-order valence-electron chi connectivity index (χ4n) is 2.51. The Bertz CT molecular complexity index is 696. The first-order valence-corrected chi connectivity index (χ1v) is 6.29. The standard InChI is InChI=1S/C15H13N3/c1-2-4-15-12(3-1)13(9-18(15)11-5-6-11)14-7-8-16-10-17-14/h1-4,7-11H,5-6H2. The predicted octanol–water partition coefficient (Wildman–Crippen LogP) is 3.43. The summed E-state index contributed by atoms with van der Waals surface area (Å²) >= 11 is 0. The van der Waals surface area contributed by atoms with Gasteiger partial charge in [-0.3, -0.25) is 0 Å². The summed E-state index contributed by atoms with van der Waals surface area (Å²) in [5.41, 5.74) is 3.52. The molecule has 3 heteroatoms. The molecule has 0 atom stereocenters. The number of nitrogens with zero attached hydrogens (tertiary/aromatic N) is 3. The van der Waals surface area contributed by atoms with Gasteiger partial charge in [0.25, 0.3) is 0 Å². The van der Waals surface area contributed by atoms with Crippen LogP contribution in [0.5, 0.6) is 0 Å². The number of para-hydroxylation sites is 1. The van der Waals surface area contributed by atoms with Gasteiger partial charge in [0.1, 0.15) is 6.33 Å². The molecule has 18 heavy (non-hydrogen) atoms. The molecule has 0 saturated heterocycles. The van der Waals surface area contributed by atoms with Crippen molar-refractivity contribution >= 4 is 10.9 Å². The number of hydrogen-bond donors (Lipinski definition) is 0. The highest BCUT2D eigenvalue weighted by Gasteiger charge is 2.25. The summed E-state index contributed by atoms with van der Waals surface area (Å²) in [5.74, 6) is 0. The molecule has 0 aliphatic heterocycles. The van der Waals surface area contributed by atoms with Gasteiger partial charge in [-0.05, 0) is 25.0 Å². The molecular weight excluding hydrogens is 222 g/mol. The highest BCUT2D eigenvalue weighted by molar-refractivity contribution is 5.95. The van der Waals surface area contributed by atoms with Crippen LogP contribution in [-0.4, -0.2) is 14.5 Å². The lowest BCUT2D eigenvalue weighted by Gasteiger charge is -2.00. The van der Waals surface area contributed by atoms with E-state index in [1.54, 1.807) is 12.5 Å². The zero-order valence-electron chi connectivity index (χ0n) is 9.95. The molecular formula is C15H13N3. The third kappa shape index (κ3) is 1.44. The van der Waals surface area contributed by atoms with E-state index in [0.29, 0.717) is 6.04 Å². The van der Waals surface area contributed by atoms with Crippen LogP contribution in [0.1, 0.15) is 18.9 Å². The van der Waals surface area contributed by atoms with E-state index < -0.39 is 0 Å². The number of fused-ring (bicyclic) bond motifs is 1. The lowest BCUT2D eigenvalue weighted by molar-refractivity contribution is 0.776. The van der Waals surface area contributed by atoms with E-state index in [9.17, 15) is 0 Å². The van der Waals surface area contributed by atoms with Gasteiger partial charge in [0.15, 0.2) is 0 Å². The molecule has 3 aromatic rings. The maximum Gasteiger partial charge on any atom is 0.116 e. The minimum Gasteiger partial charge on any atom is -0.344 e. The predicted molar refractivity (Wildman–Crippen MR) is 71.2 cm³/mol. The van der Waals surface area contributed by atoms with Crippen LogP contribution in [0.25, 0.3) is 22.2 Å².